The first-order valence-electron chi connectivity index (χ1n) is 4.46. The normalized spacial score (nSPS) is 19.3. The van der Waals surface area contributed by atoms with Gasteiger partial charge in [0.2, 0.25) is 0 Å². The highest BCUT2D eigenvalue weighted by atomic mass is 79.9. The molecule has 0 aromatic heterocycles. The predicted molar refractivity (Wildman–Crippen MR) is 59.3 cm³/mol. The molecule has 0 amide bonds. The Labute approximate surface area is 92.4 Å². The maximum Gasteiger partial charge on any atom is 0.194 e. The highest BCUT2D eigenvalue weighted by Crippen LogP contribution is 2.51. The van der Waals surface area contributed by atoms with Crippen LogP contribution in [0.4, 0.5) is 0 Å². The zero-order chi connectivity index (χ0) is 10.4. The van der Waals surface area contributed by atoms with E-state index in [1.54, 1.807) is 12.1 Å². The quantitative estimate of drug-likeness (QED) is 0.777. The fraction of sp³-hybridized carbons (Fsp3) is 0.400. The number of alkyl halides is 1. The van der Waals surface area contributed by atoms with Gasteiger partial charge in [-0.05, 0) is 31.9 Å². The van der Waals surface area contributed by atoms with E-state index in [0.29, 0.717) is 17.7 Å². The molecule has 1 aromatic rings. The number of aryl methyl sites for hydroxylation is 1. The van der Waals surface area contributed by atoms with Gasteiger partial charge in [0.25, 0.3) is 0 Å². The number of benzene rings is 1. The van der Waals surface area contributed by atoms with Crippen molar-refractivity contribution in [2.75, 3.05) is 0 Å². The van der Waals surface area contributed by atoms with Gasteiger partial charge in [0.15, 0.2) is 9.84 Å². The fourth-order valence-corrected chi connectivity index (χ4v) is 3.61. The summed E-state index contributed by atoms with van der Waals surface area (Å²) in [6.07, 6.45) is 1.42. The number of halogens is 1. The van der Waals surface area contributed by atoms with E-state index >= 15 is 0 Å². The maximum absolute atomic E-state index is 12.0. The lowest BCUT2D eigenvalue weighted by molar-refractivity contribution is 0.593. The molecular formula is C10H11BrO2S. The van der Waals surface area contributed by atoms with Crippen molar-refractivity contribution in [3.8, 4) is 0 Å². The summed E-state index contributed by atoms with van der Waals surface area (Å²) < 4.78 is 23.3. The van der Waals surface area contributed by atoms with Crippen LogP contribution < -0.4 is 0 Å². The molecule has 1 saturated carbocycles. The van der Waals surface area contributed by atoms with E-state index < -0.39 is 13.5 Å². The summed E-state index contributed by atoms with van der Waals surface area (Å²) in [4.78, 5) is 0.414. The van der Waals surface area contributed by atoms with E-state index in [1.807, 2.05) is 19.1 Å². The topological polar surface area (TPSA) is 34.1 Å². The smallest absolute Gasteiger partial charge is 0.194 e. The molecule has 0 aliphatic heterocycles. The third-order valence-electron chi connectivity index (χ3n) is 2.46. The summed E-state index contributed by atoms with van der Waals surface area (Å²) in [7, 11) is -3.17. The van der Waals surface area contributed by atoms with Crippen LogP contribution in [-0.4, -0.2) is 12.1 Å². The van der Waals surface area contributed by atoms with Gasteiger partial charge in [0.1, 0.15) is 3.66 Å². The van der Waals surface area contributed by atoms with Crippen LogP contribution in [0.15, 0.2) is 29.2 Å². The van der Waals surface area contributed by atoms with Gasteiger partial charge in [0.05, 0.1) is 4.90 Å². The number of hydrogen-bond donors (Lipinski definition) is 0. The van der Waals surface area contributed by atoms with E-state index in [2.05, 4.69) is 15.9 Å². The lowest BCUT2D eigenvalue weighted by atomic mass is 10.2. The molecule has 1 fully saturated rings. The summed E-state index contributed by atoms with van der Waals surface area (Å²) in [6, 6.07) is 7.00. The Morgan fingerprint density at radius 3 is 2.14 bits per heavy atom. The van der Waals surface area contributed by atoms with Crippen LogP contribution in [0.5, 0.6) is 0 Å². The molecule has 0 N–H and O–H groups in total. The van der Waals surface area contributed by atoms with Crippen molar-refractivity contribution in [3.05, 3.63) is 29.8 Å². The predicted octanol–water partition coefficient (Wildman–Crippen LogP) is 2.65. The zero-order valence-electron chi connectivity index (χ0n) is 7.83. The van der Waals surface area contributed by atoms with E-state index in [4.69, 9.17) is 0 Å². The second-order valence-corrected chi connectivity index (χ2v) is 8.00. The maximum atomic E-state index is 12.0. The van der Waals surface area contributed by atoms with E-state index in [1.165, 1.54) is 0 Å². The summed E-state index contributed by atoms with van der Waals surface area (Å²) >= 11 is 3.28. The van der Waals surface area contributed by atoms with Gasteiger partial charge < -0.3 is 0 Å². The summed E-state index contributed by atoms with van der Waals surface area (Å²) in [6.45, 7) is 1.94. The van der Waals surface area contributed by atoms with Crippen LogP contribution in [0.3, 0.4) is 0 Å². The molecule has 2 rings (SSSR count). The summed E-state index contributed by atoms with van der Waals surface area (Å²) in [5.74, 6) is 0. The van der Waals surface area contributed by atoms with E-state index in [9.17, 15) is 8.42 Å². The Morgan fingerprint density at radius 1 is 1.21 bits per heavy atom. The highest BCUT2D eigenvalue weighted by molar-refractivity contribution is 9.11. The van der Waals surface area contributed by atoms with Crippen LogP contribution in [-0.2, 0) is 9.84 Å². The Kier molecular flexibility index (Phi) is 2.23. The van der Waals surface area contributed by atoms with Crippen LogP contribution in [0, 0.1) is 6.92 Å². The van der Waals surface area contributed by atoms with Crippen molar-refractivity contribution in [3.63, 3.8) is 0 Å². The largest absolute Gasteiger partial charge is 0.222 e. The van der Waals surface area contributed by atoms with Gasteiger partial charge in [-0.2, -0.15) is 0 Å². The molecule has 1 aliphatic rings. The molecule has 0 heterocycles. The third kappa shape index (κ3) is 1.50. The molecule has 0 radical (unpaired) electrons. The molecule has 2 nitrogen and oxygen atoms in total. The molecule has 0 saturated heterocycles. The molecule has 76 valence electrons. The summed E-state index contributed by atoms with van der Waals surface area (Å²) in [5.41, 5.74) is 1.07. The molecule has 0 atom stereocenters. The van der Waals surface area contributed by atoms with Gasteiger partial charge in [0, 0.05) is 0 Å². The zero-order valence-corrected chi connectivity index (χ0v) is 10.2. The van der Waals surface area contributed by atoms with Crippen molar-refractivity contribution in [1.82, 2.24) is 0 Å². The van der Waals surface area contributed by atoms with Gasteiger partial charge in [-0.25, -0.2) is 8.42 Å². The van der Waals surface area contributed by atoms with Crippen LogP contribution in [0.2, 0.25) is 0 Å². The minimum absolute atomic E-state index is 0.414. The molecule has 0 spiro atoms. The first kappa shape index (κ1) is 10.2. The summed E-state index contributed by atoms with van der Waals surface area (Å²) in [5, 5.41) is 0. The van der Waals surface area contributed by atoms with E-state index in [-0.39, 0.29) is 0 Å². The van der Waals surface area contributed by atoms with Gasteiger partial charge in [-0.15, -0.1) is 0 Å². The number of sulfone groups is 1. The van der Waals surface area contributed by atoms with Crippen molar-refractivity contribution in [2.24, 2.45) is 0 Å². The average molecular weight is 275 g/mol. The third-order valence-corrected chi connectivity index (χ3v) is 6.79. The standard InChI is InChI=1S/C10H11BrO2S/c1-8-2-4-9(5-3-8)14(12,13)10(11)6-7-10/h2-5H,6-7H2,1H3. The number of rotatable bonds is 2. The Hall–Kier alpha value is -0.350. The van der Waals surface area contributed by atoms with Crippen molar-refractivity contribution < 1.29 is 8.42 Å². The second kappa shape index (κ2) is 3.07. The minimum atomic E-state index is -3.17. The molecular weight excluding hydrogens is 264 g/mol. The second-order valence-electron chi connectivity index (χ2n) is 3.70. The molecule has 0 unspecified atom stereocenters. The van der Waals surface area contributed by atoms with Crippen molar-refractivity contribution >= 4 is 25.8 Å². The molecule has 14 heavy (non-hydrogen) atoms. The minimum Gasteiger partial charge on any atom is -0.222 e. The van der Waals surface area contributed by atoms with Crippen LogP contribution in [0.1, 0.15) is 18.4 Å². The Bertz CT molecular complexity index is 444. The SMILES string of the molecule is Cc1ccc(S(=O)(=O)C2(Br)CC2)cc1. The van der Waals surface area contributed by atoms with Gasteiger partial charge >= 0.3 is 0 Å². The molecule has 0 bridgehead atoms. The van der Waals surface area contributed by atoms with E-state index in [0.717, 1.165) is 5.56 Å². The monoisotopic (exact) mass is 274 g/mol. The van der Waals surface area contributed by atoms with Crippen molar-refractivity contribution in [2.45, 2.75) is 28.3 Å². The first-order chi connectivity index (χ1) is 6.46. The molecule has 4 heteroatoms. The van der Waals surface area contributed by atoms with Crippen LogP contribution in [0.25, 0.3) is 0 Å². The Morgan fingerprint density at radius 2 is 1.71 bits per heavy atom. The fourth-order valence-electron chi connectivity index (χ4n) is 1.30. The average Bonchev–Trinajstić information content (AvgIpc) is 2.86. The van der Waals surface area contributed by atoms with Gasteiger partial charge in [-0.1, -0.05) is 33.6 Å². The first-order valence-corrected chi connectivity index (χ1v) is 6.74. The van der Waals surface area contributed by atoms with Crippen LogP contribution >= 0.6 is 15.9 Å². The molecule has 1 aliphatic carbocycles. The lowest BCUT2D eigenvalue weighted by Crippen LogP contribution is -2.15. The van der Waals surface area contributed by atoms with Crippen molar-refractivity contribution in [1.29, 1.82) is 0 Å². The molecule has 1 aromatic carbocycles. The van der Waals surface area contributed by atoms with Gasteiger partial charge in [-0.3, -0.25) is 0 Å². The number of hydrogen-bond acceptors (Lipinski definition) is 2. The lowest BCUT2D eigenvalue weighted by Gasteiger charge is -2.08. The highest BCUT2D eigenvalue weighted by Gasteiger charge is 2.52. The Balaban J connectivity index is 2.45.